The van der Waals surface area contributed by atoms with Gasteiger partial charge in [0, 0.05) is 45.1 Å². The smallest absolute Gasteiger partial charge is 0.253 e. The molecule has 8 heteroatoms. The topological polar surface area (TPSA) is 74.5 Å². The highest BCUT2D eigenvalue weighted by Crippen LogP contribution is 2.12. The second-order valence-electron chi connectivity index (χ2n) is 7.74. The van der Waals surface area contributed by atoms with E-state index in [0.29, 0.717) is 12.1 Å². The summed E-state index contributed by atoms with van der Waals surface area (Å²) in [5.41, 5.74) is 4.21. The van der Waals surface area contributed by atoms with Crippen molar-refractivity contribution in [2.24, 2.45) is 4.99 Å². The average molecular weight is 560 g/mol. The monoisotopic (exact) mass is 560 g/mol. The standard InChI is InChI=1S/C25H32N6O.HI/c1-4-26-25(27-15-13-20-9-7-12-21(17-20)24(32)30(2)3)28-18-22-10-5-6-11-23(22)19-31-16-8-14-29-31;/h5-12,14,16-17H,4,13,15,18-19H2,1-3H3,(H2,26,27,28);1H. The highest BCUT2D eigenvalue weighted by Gasteiger charge is 2.08. The van der Waals surface area contributed by atoms with Crippen LogP contribution in [0.5, 0.6) is 0 Å². The summed E-state index contributed by atoms with van der Waals surface area (Å²) in [4.78, 5) is 18.6. The van der Waals surface area contributed by atoms with Crippen LogP contribution in [0.25, 0.3) is 0 Å². The molecule has 0 saturated carbocycles. The van der Waals surface area contributed by atoms with E-state index < -0.39 is 0 Å². The Labute approximate surface area is 213 Å². The number of carbonyl (C=O) groups is 1. The quantitative estimate of drug-likeness (QED) is 0.239. The van der Waals surface area contributed by atoms with Crippen LogP contribution >= 0.6 is 24.0 Å². The van der Waals surface area contributed by atoms with E-state index in [1.807, 2.05) is 53.3 Å². The second-order valence-corrected chi connectivity index (χ2v) is 7.74. The normalized spacial score (nSPS) is 10.9. The lowest BCUT2D eigenvalue weighted by Gasteiger charge is -2.14. The van der Waals surface area contributed by atoms with Crippen molar-refractivity contribution in [3.05, 3.63) is 89.2 Å². The Hall–Kier alpha value is -2.88. The molecule has 2 aromatic carbocycles. The van der Waals surface area contributed by atoms with Gasteiger partial charge in [-0.25, -0.2) is 4.99 Å². The first-order chi connectivity index (χ1) is 15.6. The van der Waals surface area contributed by atoms with E-state index in [1.165, 1.54) is 11.1 Å². The highest BCUT2D eigenvalue weighted by atomic mass is 127. The Balaban J connectivity index is 0.00000385. The van der Waals surface area contributed by atoms with E-state index in [0.717, 1.165) is 37.6 Å². The number of nitrogens with zero attached hydrogens (tertiary/aromatic N) is 4. The number of aromatic nitrogens is 2. The third-order valence-corrected chi connectivity index (χ3v) is 5.05. The maximum Gasteiger partial charge on any atom is 0.253 e. The van der Waals surface area contributed by atoms with Gasteiger partial charge in [0.25, 0.3) is 5.91 Å². The van der Waals surface area contributed by atoms with Crippen molar-refractivity contribution in [1.82, 2.24) is 25.3 Å². The summed E-state index contributed by atoms with van der Waals surface area (Å²) < 4.78 is 1.92. The number of hydrogen-bond donors (Lipinski definition) is 2. The average Bonchev–Trinajstić information content (AvgIpc) is 3.31. The van der Waals surface area contributed by atoms with Gasteiger partial charge in [-0.2, -0.15) is 5.10 Å². The summed E-state index contributed by atoms with van der Waals surface area (Å²) in [6, 6.07) is 18.0. The van der Waals surface area contributed by atoms with Gasteiger partial charge in [-0.3, -0.25) is 9.48 Å². The van der Waals surface area contributed by atoms with Gasteiger partial charge in [-0.05, 0) is 48.2 Å². The predicted octanol–water partition coefficient (Wildman–Crippen LogP) is 3.55. The second kappa shape index (κ2) is 13.6. The molecule has 3 aromatic rings. The first-order valence-electron chi connectivity index (χ1n) is 10.9. The molecule has 3 rings (SSSR count). The number of carbonyl (C=O) groups excluding carboxylic acids is 1. The van der Waals surface area contributed by atoms with Gasteiger partial charge in [-0.1, -0.05) is 36.4 Å². The summed E-state index contributed by atoms with van der Waals surface area (Å²) >= 11 is 0. The molecule has 0 bridgehead atoms. The minimum atomic E-state index is 0. The minimum absolute atomic E-state index is 0. The van der Waals surface area contributed by atoms with Crippen LogP contribution in [0.15, 0.2) is 72.0 Å². The van der Waals surface area contributed by atoms with Crippen molar-refractivity contribution < 1.29 is 4.79 Å². The lowest BCUT2D eigenvalue weighted by atomic mass is 10.1. The summed E-state index contributed by atoms with van der Waals surface area (Å²) in [6.45, 7) is 4.87. The molecule has 0 aliphatic heterocycles. The van der Waals surface area contributed by atoms with E-state index in [-0.39, 0.29) is 29.9 Å². The molecule has 33 heavy (non-hydrogen) atoms. The molecule has 2 N–H and O–H groups in total. The number of amides is 1. The molecule has 1 aromatic heterocycles. The Morgan fingerprint density at radius 2 is 1.85 bits per heavy atom. The van der Waals surface area contributed by atoms with Crippen LogP contribution in [0.3, 0.4) is 0 Å². The molecule has 0 spiro atoms. The molecule has 0 unspecified atom stereocenters. The van der Waals surface area contributed by atoms with Gasteiger partial charge in [0.05, 0.1) is 13.1 Å². The van der Waals surface area contributed by atoms with Gasteiger partial charge in [0.15, 0.2) is 5.96 Å². The third-order valence-electron chi connectivity index (χ3n) is 5.05. The van der Waals surface area contributed by atoms with Crippen molar-refractivity contribution >= 4 is 35.8 Å². The first-order valence-corrected chi connectivity index (χ1v) is 10.9. The maximum atomic E-state index is 12.2. The molecule has 1 amide bonds. The fourth-order valence-corrected chi connectivity index (χ4v) is 3.38. The molecule has 0 aliphatic rings. The molecule has 0 saturated heterocycles. The number of hydrogen-bond acceptors (Lipinski definition) is 3. The Morgan fingerprint density at radius 3 is 2.55 bits per heavy atom. The number of guanidine groups is 1. The van der Waals surface area contributed by atoms with E-state index in [1.54, 1.807) is 25.2 Å². The van der Waals surface area contributed by atoms with Crippen molar-refractivity contribution in [3.8, 4) is 0 Å². The number of aliphatic imine (C=N–C) groups is 1. The van der Waals surface area contributed by atoms with E-state index >= 15 is 0 Å². The summed E-state index contributed by atoms with van der Waals surface area (Å²) in [5.74, 6) is 0.797. The van der Waals surface area contributed by atoms with Crippen LogP contribution in [0.2, 0.25) is 0 Å². The Kier molecular flexibility index (Phi) is 10.9. The maximum absolute atomic E-state index is 12.2. The predicted molar refractivity (Wildman–Crippen MR) is 144 cm³/mol. The molecular weight excluding hydrogens is 527 g/mol. The van der Waals surface area contributed by atoms with Crippen LogP contribution in [-0.4, -0.2) is 53.7 Å². The first kappa shape index (κ1) is 26.4. The van der Waals surface area contributed by atoms with Crippen molar-refractivity contribution in [3.63, 3.8) is 0 Å². The fourth-order valence-electron chi connectivity index (χ4n) is 3.38. The van der Waals surface area contributed by atoms with Gasteiger partial charge in [0.2, 0.25) is 0 Å². The SMILES string of the molecule is CCNC(=NCc1ccccc1Cn1cccn1)NCCc1cccc(C(=O)N(C)C)c1.I. The van der Waals surface area contributed by atoms with Gasteiger partial charge in [0.1, 0.15) is 0 Å². The molecule has 0 atom stereocenters. The number of rotatable bonds is 9. The molecule has 0 aliphatic carbocycles. The number of halogens is 1. The van der Waals surface area contributed by atoms with Gasteiger partial charge < -0.3 is 15.5 Å². The van der Waals surface area contributed by atoms with E-state index in [2.05, 4.69) is 34.8 Å². The zero-order valence-electron chi connectivity index (χ0n) is 19.5. The number of nitrogens with one attached hydrogen (secondary N) is 2. The molecule has 176 valence electrons. The van der Waals surface area contributed by atoms with Crippen molar-refractivity contribution in [1.29, 1.82) is 0 Å². The molecule has 7 nitrogen and oxygen atoms in total. The Morgan fingerprint density at radius 1 is 1.06 bits per heavy atom. The van der Waals surface area contributed by atoms with Crippen LogP contribution < -0.4 is 10.6 Å². The zero-order valence-corrected chi connectivity index (χ0v) is 21.8. The molecule has 1 heterocycles. The zero-order chi connectivity index (χ0) is 22.8. The van der Waals surface area contributed by atoms with Crippen LogP contribution in [0.4, 0.5) is 0 Å². The Bertz CT molecular complexity index is 1030. The molecular formula is C25H33IN6O. The minimum Gasteiger partial charge on any atom is -0.357 e. The van der Waals surface area contributed by atoms with Crippen LogP contribution in [-0.2, 0) is 19.5 Å². The highest BCUT2D eigenvalue weighted by molar-refractivity contribution is 14.0. The van der Waals surface area contributed by atoms with E-state index in [9.17, 15) is 4.79 Å². The molecule has 0 radical (unpaired) electrons. The number of benzene rings is 2. The van der Waals surface area contributed by atoms with Crippen molar-refractivity contribution in [2.45, 2.75) is 26.4 Å². The van der Waals surface area contributed by atoms with Gasteiger partial charge in [-0.15, -0.1) is 24.0 Å². The fraction of sp³-hybridized carbons (Fsp3) is 0.320. The van der Waals surface area contributed by atoms with Crippen molar-refractivity contribution in [2.75, 3.05) is 27.2 Å². The summed E-state index contributed by atoms with van der Waals surface area (Å²) in [7, 11) is 3.53. The third kappa shape index (κ3) is 8.20. The lowest BCUT2D eigenvalue weighted by molar-refractivity contribution is 0.0827. The lowest BCUT2D eigenvalue weighted by Crippen LogP contribution is -2.38. The van der Waals surface area contributed by atoms with E-state index in [4.69, 9.17) is 4.99 Å². The van der Waals surface area contributed by atoms with Crippen LogP contribution in [0.1, 0.15) is 34.0 Å². The largest absolute Gasteiger partial charge is 0.357 e. The summed E-state index contributed by atoms with van der Waals surface area (Å²) in [6.07, 6.45) is 4.56. The molecule has 0 fully saturated rings. The van der Waals surface area contributed by atoms with Gasteiger partial charge >= 0.3 is 0 Å². The van der Waals surface area contributed by atoms with Crippen LogP contribution in [0, 0.1) is 0 Å². The summed E-state index contributed by atoms with van der Waals surface area (Å²) in [5, 5.41) is 11.0.